The SMILES string of the molecule is CCCCN1C(=O)C(c2ccc(F)cc2)=C(N(C)CCO)C1=O. The topological polar surface area (TPSA) is 60.9 Å². The summed E-state index contributed by atoms with van der Waals surface area (Å²) in [5, 5.41) is 9.13. The van der Waals surface area contributed by atoms with Crippen LogP contribution in [0.2, 0.25) is 0 Å². The molecule has 0 saturated heterocycles. The monoisotopic (exact) mass is 320 g/mol. The standard InChI is InChI=1S/C17H21FN2O3/c1-3-4-9-20-16(22)14(12-5-7-13(18)8-6-12)15(17(20)23)19(2)10-11-21/h5-8,21H,3-4,9-11H2,1-2H3. The van der Waals surface area contributed by atoms with Gasteiger partial charge in [0.25, 0.3) is 11.8 Å². The Morgan fingerprint density at radius 3 is 2.39 bits per heavy atom. The normalized spacial score (nSPS) is 14.9. The Hall–Kier alpha value is -2.21. The predicted molar refractivity (Wildman–Crippen MR) is 84.7 cm³/mol. The fourth-order valence-corrected chi connectivity index (χ4v) is 2.58. The minimum atomic E-state index is -0.403. The quantitative estimate of drug-likeness (QED) is 0.776. The molecule has 1 aromatic rings. The maximum Gasteiger partial charge on any atom is 0.277 e. The molecule has 5 nitrogen and oxygen atoms in total. The van der Waals surface area contributed by atoms with Crippen LogP contribution in [0.1, 0.15) is 25.3 Å². The molecule has 1 aromatic carbocycles. The number of benzene rings is 1. The summed E-state index contributed by atoms with van der Waals surface area (Å²) in [6.07, 6.45) is 1.59. The van der Waals surface area contributed by atoms with E-state index in [1.807, 2.05) is 6.92 Å². The Morgan fingerprint density at radius 2 is 1.83 bits per heavy atom. The molecule has 1 aliphatic heterocycles. The molecule has 0 aliphatic carbocycles. The van der Waals surface area contributed by atoms with Gasteiger partial charge >= 0.3 is 0 Å². The largest absolute Gasteiger partial charge is 0.395 e. The number of likely N-dealkylation sites (N-methyl/N-ethyl adjacent to an activating group) is 1. The molecule has 0 spiro atoms. The van der Waals surface area contributed by atoms with Crippen molar-refractivity contribution in [1.82, 2.24) is 9.80 Å². The number of hydrogen-bond acceptors (Lipinski definition) is 4. The molecule has 1 N–H and O–H groups in total. The number of nitrogens with zero attached hydrogens (tertiary/aromatic N) is 2. The van der Waals surface area contributed by atoms with Gasteiger partial charge in [-0.15, -0.1) is 0 Å². The molecule has 0 unspecified atom stereocenters. The van der Waals surface area contributed by atoms with Crippen molar-refractivity contribution in [3.05, 3.63) is 41.3 Å². The van der Waals surface area contributed by atoms with E-state index in [1.54, 1.807) is 11.9 Å². The number of amides is 2. The zero-order valence-corrected chi connectivity index (χ0v) is 13.4. The fraction of sp³-hybridized carbons (Fsp3) is 0.412. The molecule has 23 heavy (non-hydrogen) atoms. The summed E-state index contributed by atoms with van der Waals surface area (Å²) in [5.74, 6) is -1.13. The molecule has 2 rings (SSSR count). The van der Waals surface area contributed by atoms with Gasteiger partial charge in [-0.1, -0.05) is 25.5 Å². The first-order valence-electron chi connectivity index (χ1n) is 7.69. The Kier molecular flexibility index (Phi) is 5.50. The molecule has 1 aliphatic rings. The maximum atomic E-state index is 13.1. The average molecular weight is 320 g/mol. The lowest BCUT2D eigenvalue weighted by atomic mass is 10.0. The lowest BCUT2D eigenvalue weighted by Gasteiger charge is -2.20. The number of unbranched alkanes of at least 4 members (excludes halogenated alkanes) is 1. The van der Waals surface area contributed by atoms with Gasteiger partial charge in [0.2, 0.25) is 0 Å². The van der Waals surface area contributed by atoms with Crippen LogP contribution < -0.4 is 0 Å². The van der Waals surface area contributed by atoms with E-state index in [4.69, 9.17) is 5.11 Å². The van der Waals surface area contributed by atoms with Crippen molar-refractivity contribution in [1.29, 1.82) is 0 Å². The summed E-state index contributed by atoms with van der Waals surface area (Å²) in [7, 11) is 1.66. The van der Waals surface area contributed by atoms with E-state index < -0.39 is 5.82 Å². The maximum absolute atomic E-state index is 13.1. The number of carbonyl (C=O) groups is 2. The van der Waals surface area contributed by atoms with Crippen LogP contribution >= 0.6 is 0 Å². The van der Waals surface area contributed by atoms with Gasteiger partial charge in [0.15, 0.2) is 0 Å². The molecule has 0 radical (unpaired) electrons. The third kappa shape index (κ3) is 3.42. The zero-order chi connectivity index (χ0) is 17.0. The third-order valence-corrected chi connectivity index (χ3v) is 3.83. The van der Waals surface area contributed by atoms with Gasteiger partial charge in [-0.05, 0) is 24.1 Å². The predicted octanol–water partition coefficient (Wildman–Crippen LogP) is 1.63. The van der Waals surface area contributed by atoms with Crippen molar-refractivity contribution in [2.75, 3.05) is 26.7 Å². The Balaban J connectivity index is 2.46. The van der Waals surface area contributed by atoms with Gasteiger partial charge in [0.1, 0.15) is 11.5 Å². The van der Waals surface area contributed by atoms with Gasteiger partial charge < -0.3 is 10.0 Å². The zero-order valence-electron chi connectivity index (χ0n) is 13.4. The first-order chi connectivity index (χ1) is 11.0. The van der Waals surface area contributed by atoms with Crippen LogP contribution in [0, 0.1) is 5.82 Å². The summed E-state index contributed by atoms with van der Waals surface area (Å²) < 4.78 is 13.1. The van der Waals surface area contributed by atoms with Crippen molar-refractivity contribution in [2.24, 2.45) is 0 Å². The van der Waals surface area contributed by atoms with Crippen molar-refractivity contribution >= 4 is 17.4 Å². The Labute approximate surface area is 135 Å². The van der Waals surface area contributed by atoms with Crippen molar-refractivity contribution in [3.8, 4) is 0 Å². The van der Waals surface area contributed by atoms with Gasteiger partial charge in [0.05, 0.1) is 12.2 Å². The molecule has 1 heterocycles. The van der Waals surface area contributed by atoms with Crippen molar-refractivity contribution in [3.63, 3.8) is 0 Å². The fourth-order valence-electron chi connectivity index (χ4n) is 2.58. The minimum absolute atomic E-state index is 0.132. The number of carbonyl (C=O) groups excluding carboxylic acids is 2. The highest BCUT2D eigenvalue weighted by Gasteiger charge is 2.40. The summed E-state index contributed by atoms with van der Waals surface area (Å²) in [6, 6.07) is 5.51. The molecule has 0 atom stereocenters. The van der Waals surface area contributed by atoms with Crippen LogP contribution in [0.15, 0.2) is 30.0 Å². The molecule has 124 valence electrons. The van der Waals surface area contributed by atoms with Crippen LogP contribution in [0.25, 0.3) is 5.57 Å². The van der Waals surface area contributed by atoms with Crippen LogP contribution in [0.3, 0.4) is 0 Å². The van der Waals surface area contributed by atoms with Crippen LogP contribution in [-0.4, -0.2) is 53.5 Å². The first-order valence-corrected chi connectivity index (χ1v) is 7.69. The molecular formula is C17H21FN2O3. The number of hydrogen-bond donors (Lipinski definition) is 1. The Bertz CT molecular complexity index is 625. The van der Waals surface area contributed by atoms with Gasteiger partial charge in [-0.2, -0.15) is 0 Å². The number of rotatable bonds is 7. The second-order valence-corrected chi connectivity index (χ2v) is 5.49. The third-order valence-electron chi connectivity index (χ3n) is 3.83. The van der Waals surface area contributed by atoms with E-state index in [9.17, 15) is 14.0 Å². The number of aliphatic hydroxyl groups excluding tert-OH is 1. The van der Waals surface area contributed by atoms with Crippen LogP contribution in [0.4, 0.5) is 4.39 Å². The van der Waals surface area contributed by atoms with Crippen LogP contribution in [-0.2, 0) is 9.59 Å². The van der Waals surface area contributed by atoms with Gasteiger partial charge in [-0.3, -0.25) is 14.5 Å². The van der Waals surface area contributed by atoms with E-state index in [0.29, 0.717) is 12.1 Å². The average Bonchev–Trinajstić information content (AvgIpc) is 2.77. The second kappa shape index (κ2) is 7.37. The molecule has 6 heteroatoms. The summed E-state index contributed by atoms with van der Waals surface area (Å²) in [4.78, 5) is 28.1. The highest BCUT2D eigenvalue weighted by atomic mass is 19.1. The molecule has 0 saturated carbocycles. The van der Waals surface area contributed by atoms with E-state index in [0.717, 1.165) is 12.8 Å². The van der Waals surface area contributed by atoms with E-state index in [-0.39, 0.29) is 36.2 Å². The van der Waals surface area contributed by atoms with Crippen molar-refractivity contribution < 1.29 is 19.1 Å². The van der Waals surface area contributed by atoms with Crippen molar-refractivity contribution in [2.45, 2.75) is 19.8 Å². The smallest absolute Gasteiger partial charge is 0.277 e. The lowest BCUT2D eigenvalue weighted by molar-refractivity contribution is -0.137. The highest BCUT2D eigenvalue weighted by molar-refractivity contribution is 6.35. The van der Waals surface area contributed by atoms with E-state index >= 15 is 0 Å². The summed E-state index contributed by atoms with van der Waals surface area (Å²) in [5.41, 5.74) is 1.03. The molecule has 0 fully saturated rings. The molecular weight excluding hydrogens is 299 g/mol. The summed E-state index contributed by atoms with van der Waals surface area (Å²) in [6.45, 7) is 2.45. The number of halogens is 1. The molecule has 0 bridgehead atoms. The molecule has 0 aromatic heterocycles. The molecule has 2 amide bonds. The number of aliphatic hydroxyl groups is 1. The van der Waals surface area contributed by atoms with Crippen LogP contribution in [0.5, 0.6) is 0 Å². The first kappa shape index (κ1) is 17.1. The van der Waals surface area contributed by atoms with E-state index in [1.165, 1.54) is 29.2 Å². The summed E-state index contributed by atoms with van der Waals surface area (Å²) >= 11 is 0. The van der Waals surface area contributed by atoms with E-state index in [2.05, 4.69) is 0 Å². The number of imide groups is 1. The minimum Gasteiger partial charge on any atom is -0.395 e. The second-order valence-electron chi connectivity index (χ2n) is 5.49. The van der Waals surface area contributed by atoms with Gasteiger partial charge in [0, 0.05) is 20.1 Å². The lowest BCUT2D eigenvalue weighted by Crippen LogP contribution is -2.35. The van der Waals surface area contributed by atoms with Gasteiger partial charge in [-0.25, -0.2) is 4.39 Å². The highest BCUT2D eigenvalue weighted by Crippen LogP contribution is 2.31. The Morgan fingerprint density at radius 1 is 1.17 bits per heavy atom.